The zero-order valence-corrected chi connectivity index (χ0v) is 11.4. The van der Waals surface area contributed by atoms with Gasteiger partial charge in [0, 0.05) is 6.54 Å². The Balaban J connectivity index is 2.23. The fourth-order valence-electron chi connectivity index (χ4n) is 2.29. The normalized spacial score (nSPS) is 18.1. The standard InChI is InChI=1S/C13H16N2O5/c1-3-19-13(18)10-5-4-6-15(10)12(17)11-9(7-16)8(2)14-20-11/h7,10H,3-6H2,1-2H3/t10-/m1/s1. The van der Waals surface area contributed by atoms with Crippen LogP contribution in [0, 0.1) is 6.92 Å². The van der Waals surface area contributed by atoms with Crippen molar-refractivity contribution in [1.29, 1.82) is 0 Å². The zero-order valence-electron chi connectivity index (χ0n) is 11.4. The SMILES string of the molecule is CCOC(=O)[C@H]1CCCN1C(=O)c1onc(C)c1C=O. The summed E-state index contributed by atoms with van der Waals surface area (Å²) in [6.45, 7) is 3.98. The summed E-state index contributed by atoms with van der Waals surface area (Å²) in [5.74, 6) is -1.04. The van der Waals surface area contributed by atoms with Gasteiger partial charge in [-0.15, -0.1) is 0 Å². The fraction of sp³-hybridized carbons (Fsp3) is 0.538. The fourth-order valence-corrected chi connectivity index (χ4v) is 2.29. The zero-order chi connectivity index (χ0) is 14.7. The number of aldehydes is 1. The van der Waals surface area contributed by atoms with Crippen molar-refractivity contribution in [3.63, 3.8) is 0 Å². The van der Waals surface area contributed by atoms with Crippen molar-refractivity contribution < 1.29 is 23.6 Å². The first-order valence-electron chi connectivity index (χ1n) is 6.49. The van der Waals surface area contributed by atoms with Crippen LogP contribution in [0.1, 0.15) is 46.4 Å². The Hall–Kier alpha value is -2.18. The second-order valence-corrected chi connectivity index (χ2v) is 4.54. The molecule has 1 atom stereocenters. The first-order valence-corrected chi connectivity index (χ1v) is 6.49. The van der Waals surface area contributed by atoms with E-state index < -0.39 is 17.9 Å². The Morgan fingerprint density at radius 3 is 2.95 bits per heavy atom. The van der Waals surface area contributed by atoms with E-state index >= 15 is 0 Å². The Kier molecular flexibility index (Phi) is 4.16. The minimum absolute atomic E-state index is 0.117. The number of rotatable bonds is 4. The van der Waals surface area contributed by atoms with Gasteiger partial charge in [0.1, 0.15) is 6.04 Å². The molecule has 2 rings (SSSR count). The van der Waals surface area contributed by atoms with Crippen molar-refractivity contribution in [3.8, 4) is 0 Å². The molecule has 0 radical (unpaired) electrons. The van der Waals surface area contributed by atoms with Crippen LogP contribution in [0.2, 0.25) is 0 Å². The quantitative estimate of drug-likeness (QED) is 0.603. The maximum atomic E-state index is 12.4. The molecular weight excluding hydrogens is 264 g/mol. The van der Waals surface area contributed by atoms with E-state index in [4.69, 9.17) is 9.26 Å². The van der Waals surface area contributed by atoms with Gasteiger partial charge < -0.3 is 14.2 Å². The molecule has 2 heterocycles. The first-order chi connectivity index (χ1) is 9.60. The number of amides is 1. The van der Waals surface area contributed by atoms with Gasteiger partial charge in [0.05, 0.1) is 17.9 Å². The number of nitrogens with zero attached hydrogens (tertiary/aromatic N) is 2. The van der Waals surface area contributed by atoms with E-state index in [0.29, 0.717) is 31.4 Å². The second kappa shape index (κ2) is 5.85. The number of likely N-dealkylation sites (tertiary alicyclic amines) is 1. The average Bonchev–Trinajstić information content (AvgIpc) is 3.04. The number of aryl methyl sites for hydroxylation is 1. The molecule has 1 amide bonds. The van der Waals surface area contributed by atoms with Crippen LogP contribution < -0.4 is 0 Å². The minimum Gasteiger partial charge on any atom is -0.464 e. The van der Waals surface area contributed by atoms with Gasteiger partial charge in [0.25, 0.3) is 5.91 Å². The molecule has 0 unspecified atom stereocenters. The molecule has 0 spiro atoms. The van der Waals surface area contributed by atoms with E-state index in [9.17, 15) is 14.4 Å². The molecule has 108 valence electrons. The van der Waals surface area contributed by atoms with E-state index in [2.05, 4.69) is 5.16 Å². The lowest BCUT2D eigenvalue weighted by molar-refractivity contribution is -0.147. The molecule has 7 nitrogen and oxygen atoms in total. The Bertz CT molecular complexity index is 537. The van der Waals surface area contributed by atoms with E-state index in [1.165, 1.54) is 4.90 Å². The molecule has 7 heteroatoms. The summed E-state index contributed by atoms with van der Waals surface area (Å²) >= 11 is 0. The van der Waals surface area contributed by atoms with Gasteiger partial charge in [-0.2, -0.15) is 0 Å². The lowest BCUT2D eigenvalue weighted by Crippen LogP contribution is -2.41. The highest BCUT2D eigenvalue weighted by atomic mass is 16.5. The Morgan fingerprint density at radius 1 is 1.55 bits per heavy atom. The number of carbonyl (C=O) groups excluding carboxylic acids is 3. The second-order valence-electron chi connectivity index (χ2n) is 4.54. The van der Waals surface area contributed by atoms with Crippen LogP contribution in [0.15, 0.2) is 4.52 Å². The van der Waals surface area contributed by atoms with Crippen LogP contribution in [0.3, 0.4) is 0 Å². The molecule has 20 heavy (non-hydrogen) atoms. The van der Waals surface area contributed by atoms with Crippen molar-refractivity contribution in [2.24, 2.45) is 0 Å². The van der Waals surface area contributed by atoms with Gasteiger partial charge in [0.2, 0.25) is 5.76 Å². The predicted octanol–water partition coefficient (Wildman–Crippen LogP) is 0.963. The van der Waals surface area contributed by atoms with Crippen LogP contribution in [-0.2, 0) is 9.53 Å². The van der Waals surface area contributed by atoms with E-state index in [0.717, 1.165) is 0 Å². The summed E-state index contributed by atoms with van der Waals surface area (Å²) in [5, 5.41) is 3.62. The van der Waals surface area contributed by atoms with Gasteiger partial charge in [-0.05, 0) is 26.7 Å². The van der Waals surface area contributed by atoms with Gasteiger partial charge in [-0.25, -0.2) is 4.79 Å². The summed E-state index contributed by atoms with van der Waals surface area (Å²) in [7, 11) is 0. The third-order valence-corrected chi connectivity index (χ3v) is 3.29. The molecule has 0 saturated carbocycles. The van der Waals surface area contributed by atoms with E-state index in [-0.39, 0.29) is 17.9 Å². The summed E-state index contributed by atoms with van der Waals surface area (Å²) in [5.41, 5.74) is 0.486. The van der Waals surface area contributed by atoms with Gasteiger partial charge in [0.15, 0.2) is 6.29 Å². The van der Waals surface area contributed by atoms with Crippen LogP contribution in [0.4, 0.5) is 0 Å². The van der Waals surface area contributed by atoms with Crippen LogP contribution in [0.5, 0.6) is 0 Å². The highest BCUT2D eigenvalue weighted by molar-refractivity contribution is 6.01. The third-order valence-electron chi connectivity index (χ3n) is 3.29. The number of ether oxygens (including phenoxy) is 1. The predicted molar refractivity (Wildman–Crippen MR) is 67.3 cm³/mol. The molecular formula is C13H16N2O5. The smallest absolute Gasteiger partial charge is 0.328 e. The molecule has 1 saturated heterocycles. The maximum Gasteiger partial charge on any atom is 0.328 e. The number of aromatic nitrogens is 1. The molecule has 0 N–H and O–H groups in total. The molecule has 1 aromatic heterocycles. The number of esters is 1. The Labute approximate surface area is 115 Å². The molecule has 0 aromatic carbocycles. The number of hydrogen-bond acceptors (Lipinski definition) is 6. The van der Waals surface area contributed by atoms with Crippen LogP contribution >= 0.6 is 0 Å². The third kappa shape index (κ3) is 2.43. The van der Waals surface area contributed by atoms with Gasteiger partial charge in [-0.1, -0.05) is 5.16 Å². The van der Waals surface area contributed by atoms with E-state index in [1.807, 2.05) is 0 Å². The number of carbonyl (C=O) groups is 3. The first kappa shape index (κ1) is 14.2. The number of hydrogen-bond donors (Lipinski definition) is 0. The highest BCUT2D eigenvalue weighted by Gasteiger charge is 2.38. The average molecular weight is 280 g/mol. The topological polar surface area (TPSA) is 89.7 Å². The van der Waals surface area contributed by atoms with E-state index in [1.54, 1.807) is 13.8 Å². The molecule has 1 aromatic rings. The van der Waals surface area contributed by atoms with Crippen molar-refractivity contribution >= 4 is 18.2 Å². The maximum absolute atomic E-state index is 12.4. The van der Waals surface area contributed by atoms with Crippen molar-refractivity contribution in [1.82, 2.24) is 10.1 Å². The van der Waals surface area contributed by atoms with Gasteiger partial charge in [-0.3, -0.25) is 9.59 Å². The van der Waals surface area contributed by atoms with Crippen molar-refractivity contribution in [2.45, 2.75) is 32.7 Å². The summed E-state index contributed by atoms with van der Waals surface area (Å²) in [4.78, 5) is 36.6. The molecule has 1 aliphatic rings. The molecule has 0 aliphatic carbocycles. The molecule has 1 aliphatic heterocycles. The highest BCUT2D eigenvalue weighted by Crippen LogP contribution is 2.23. The summed E-state index contributed by atoms with van der Waals surface area (Å²) < 4.78 is 9.88. The molecule has 0 bridgehead atoms. The lowest BCUT2D eigenvalue weighted by Gasteiger charge is -2.21. The van der Waals surface area contributed by atoms with Crippen LogP contribution in [0.25, 0.3) is 0 Å². The minimum atomic E-state index is -0.618. The monoisotopic (exact) mass is 280 g/mol. The summed E-state index contributed by atoms with van der Waals surface area (Å²) in [6, 6.07) is -0.618. The lowest BCUT2D eigenvalue weighted by atomic mass is 10.2. The largest absolute Gasteiger partial charge is 0.464 e. The summed E-state index contributed by atoms with van der Waals surface area (Å²) in [6.07, 6.45) is 1.79. The van der Waals surface area contributed by atoms with Crippen LogP contribution in [-0.4, -0.2) is 47.4 Å². The van der Waals surface area contributed by atoms with Gasteiger partial charge >= 0.3 is 5.97 Å². The van der Waals surface area contributed by atoms with Crippen molar-refractivity contribution in [2.75, 3.05) is 13.2 Å². The molecule has 1 fully saturated rings. The van der Waals surface area contributed by atoms with Crippen molar-refractivity contribution in [3.05, 3.63) is 17.0 Å². The Morgan fingerprint density at radius 2 is 2.30 bits per heavy atom.